The molecule has 7 nitrogen and oxygen atoms in total. The van der Waals surface area contributed by atoms with Gasteiger partial charge in [0.05, 0.1) is 0 Å². The number of hydrogen-bond donors (Lipinski definition) is 1. The third-order valence-electron chi connectivity index (χ3n) is 2.20. The second kappa shape index (κ2) is 3.41. The van der Waals surface area contributed by atoms with Crippen LogP contribution in [0.3, 0.4) is 0 Å². The topological polar surface area (TPSA) is 92.3 Å². The second-order valence-corrected chi connectivity index (χ2v) is 5.40. The summed E-state index contributed by atoms with van der Waals surface area (Å²) in [5, 5.41) is 2.33. The van der Waals surface area contributed by atoms with Crippen molar-refractivity contribution in [2.75, 3.05) is 18.2 Å². The van der Waals surface area contributed by atoms with Gasteiger partial charge in [-0.2, -0.15) is 0 Å². The Bertz CT molecular complexity index is 554. The maximum absolute atomic E-state index is 11.3. The monoisotopic (exact) mass is 242 g/mol. The Hall–Kier alpha value is -1.70. The van der Waals surface area contributed by atoms with Crippen molar-refractivity contribution in [1.29, 1.82) is 0 Å². The summed E-state index contributed by atoms with van der Waals surface area (Å²) in [6.45, 7) is 0.308. The molecule has 0 saturated carbocycles. The van der Waals surface area contributed by atoms with Gasteiger partial charge in [-0.15, -0.1) is 0 Å². The second-order valence-electron chi connectivity index (χ2n) is 3.49. The first kappa shape index (κ1) is 10.8. The van der Waals surface area contributed by atoms with Crippen LogP contribution >= 0.6 is 0 Å². The van der Waals surface area contributed by atoms with Gasteiger partial charge in [0.1, 0.15) is 5.82 Å². The molecule has 0 atom stereocenters. The Kier molecular flexibility index (Phi) is 2.30. The maximum atomic E-state index is 11.3. The maximum Gasteiger partial charge on any atom is 0.323 e. The molecule has 0 aliphatic carbocycles. The fourth-order valence-electron chi connectivity index (χ4n) is 1.36. The Balaban J connectivity index is 2.57. The summed E-state index contributed by atoms with van der Waals surface area (Å²) < 4.78 is 22.5. The average molecular weight is 242 g/mol. The summed E-state index contributed by atoms with van der Waals surface area (Å²) >= 11 is 0. The van der Waals surface area contributed by atoms with Crippen LogP contribution in [0.4, 0.5) is 10.6 Å². The van der Waals surface area contributed by atoms with Crippen LogP contribution < -0.4 is 10.2 Å². The first-order chi connectivity index (χ1) is 7.39. The molecule has 0 aromatic carbocycles. The highest BCUT2D eigenvalue weighted by Gasteiger charge is 2.24. The van der Waals surface area contributed by atoms with E-state index in [2.05, 4.69) is 15.3 Å². The summed E-state index contributed by atoms with van der Waals surface area (Å²) in [4.78, 5) is 20.2. The molecule has 8 heteroatoms. The van der Waals surface area contributed by atoms with Crippen molar-refractivity contribution in [3.8, 4) is 0 Å². The lowest BCUT2D eigenvalue weighted by molar-refractivity contribution is 0.245. The van der Waals surface area contributed by atoms with E-state index in [4.69, 9.17) is 0 Å². The van der Waals surface area contributed by atoms with E-state index in [0.29, 0.717) is 17.9 Å². The zero-order valence-corrected chi connectivity index (χ0v) is 9.58. The third kappa shape index (κ3) is 1.71. The van der Waals surface area contributed by atoms with E-state index in [9.17, 15) is 13.2 Å². The molecule has 16 heavy (non-hydrogen) atoms. The number of fused-ring (bicyclic) bond motifs is 1. The minimum atomic E-state index is -3.46. The van der Waals surface area contributed by atoms with Gasteiger partial charge in [-0.3, -0.25) is 4.90 Å². The van der Waals surface area contributed by atoms with E-state index in [0.717, 1.165) is 6.26 Å². The van der Waals surface area contributed by atoms with Gasteiger partial charge in [0, 0.05) is 31.6 Å². The first-order valence-electron chi connectivity index (χ1n) is 4.47. The van der Waals surface area contributed by atoms with Crippen LogP contribution in [-0.4, -0.2) is 37.7 Å². The Labute approximate surface area is 92.4 Å². The molecule has 1 N–H and O–H groups in total. The zero-order valence-electron chi connectivity index (χ0n) is 8.76. The number of nitrogens with zero attached hydrogens (tertiary/aromatic N) is 3. The Morgan fingerprint density at radius 3 is 2.81 bits per heavy atom. The molecule has 2 amide bonds. The van der Waals surface area contributed by atoms with Crippen molar-refractivity contribution in [2.24, 2.45) is 0 Å². The van der Waals surface area contributed by atoms with E-state index in [-0.39, 0.29) is 11.2 Å². The van der Waals surface area contributed by atoms with Gasteiger partial charge in [-0.05, 0) is 0 Å². The van der Waals surface area contributed by atoms with Crippen molar-refractivity contribution in [1.82, 2.24) is 15.3 Å². The van der Waals surface area contributed by atoms with Crippen LogP contribution in [0.5, 0.6) is 0 Å². The largest absolute Gasteiger partial charge is 0.333 e. The van der Waals surface area contributed by atoms with E-state index in [1.54, 1.807) is 0 Å². The van der Waals surface area contributed by atoms with Gasteiger partial charge in [0.25, 0.3) is 0 Å². The summed E-state index contributed by atoms with van der Waals surface area (Å²) in [7, 11) is -1.94. The van der Waals surface area contributed by atoms with Crippen molar-refractivity contribution in [3.05, 3.63) is 11.8 Å². The smallest absolute Gasteiger partial charge is 0.323 e. The standard InChI is InChI=1S/C8H10N4O3S/c1-12-6-5(4-10-8(12)13)3-9-7(11-6)16(2,14)15/h3H,4H2,1-2H3,(H,10,13). The summed E-state index contributed by atoms with van der Waals surface area (Å²) in [5.74, 6) is 0.333. The van der Waals surface area contributed by atoms with E-state index in [1.807, 2.05) is 0 Å². The van der Waals surface area contributed by atoms with Gasteiger partial charge in [-0.1, -0.05) is 0 Å². The number of amides is 2. The van der Waals surface area contributed by atoms with Gasteiger partial charge >= 0.3 is 6.03 Å². The lowest BCUT2D eigenvalue weighted by Crippen LogP contribution is -2.42. The number of aromatic nitrogens is 2. The molecular weight excluding hydrogens is 232 g/mol. The van der Waals surface area contributed by atoms with Gasteiger partial charge in [0.2, 0.25) is 15.0 Å². The van der Waals surface area contributed by atoms with E-state index in [1.165, 1.54) is 18.1 Å². The zero-order chi connectivity index (χ0) is 11.9. The Morgan fingerprint density at radius 1 is 1.50 bits per heavy atom. The number of urea groups is 1. The fourth-order valence-corrected chi connectivity index (χ4v) is 1.86. The predicted octanol–water partition coefficient (Wildman–Crippen LogP) is -0.460. The van der Waals surface area contributed by atoms with Gasteiger partial charge in [-0.25, -0.2) is 23.2 Å². The van der Waals surface area contributed by atoms with Gasteiger partial charge < -0.3 is 5.32 Å². The highest BCUT2D eigenvalue weighted by atomic mass is 32.2. The molecular formula is C8H10N4O3S. The van der Waals surface area contributed by atoms with Crippen LogP contribution in [0, 0.1) is 0 Å². The van der Waals surface area contributed by atoms with Crippen molar-refractivity contribution in [3.63, 3.8) is 0 Å². The van der Waals surface area contributed by atoms with Crippen LogP contribution in [0.2, 0.25) is 0 Å². The molecule has 0 saturated heterocycles. The predicted molar refractivity (Wildman–Crippen MR) is 55.8 cm³/mol. The SMILES string of the molecule is CN1C(=O)NCc2cnc(S(C)(=O)=O)nc21. The van der Waals surface area contributed by atoms with E-state index >= 15 is 0 Å². The summed E-state index contributed by atoms with van der Waals surface area (Å²) in [6.07, 6.45) is 2.44. The number of anilines is 1. The highest BCUT2D eigenvalue weighted by molar-refractivity contribution is 7.90. The number of rotatable bonds is 1. The molecule has 1 aliphatic heterocycles. The first-order valence-corrected chi connectivity index (χ1v) is 6.36. The van der Waals surface area contributed by atoms with Crippen LogP contribution in [0.15, 0.2) is 11.4 Å². The molecule has 0 bridgehead atoms. The number of carbonyl (C=O) groups excluding carboxylic acids is 1. The highest BCUT2D eigenvalue weighted by Crippen LogP contribution is 2.20. The molecule has 0 unspecified atom stereocenters. The quantitative estimate of drug-likeness (QED) is 0.673. The Morgan fingerprint density at radius 2 is 2.19 bits per heavy atom. The number of nitrogens with one attached hydrogen (secondary N) is 1. The third-order valence-corrected chi connectivity index (χ3v) is 3.06. The van der Waals surface area contributed by atoms with Crippen LogP contribution in [0.25, 0.3) is 0 Å². The molecule has 1 aliphatic rings. The molecule has 0 radical (unpaired) electrons. The van der Waals surface area contributed by atoms with Crippen molar-refractivity contribution in [2.45, 2.75) is 11.7 Å². The number of sulfone groups is 1. The van der Waals surface area contributed by atoms with Crippen LogP contribution in [-0.2, 0) is 16.4 Å². The minimum Gasteiger partial charge on any atom is -0.333 e. The molecule has 2 heterocycles. The number of hydrogen-bond acceptors (Lipinski definition) is 5. The van der Waals surface area contributed by atoms with Gasteiger partial charge in [0.15, 0.2) is 0 Å². The van der Waals surface area contributed by atoms with Crippen molar-refractivity contribution < 1.29 is 13.2 Å². The molecule has 1 aromatic rings. The van der Waals surface area contributed by atoms with E-state index < -0.39 is 9.84 Å². The number of carbonyl (C=O) groups is 1. The fraction of sp³-hybridized carbons (Fsp3) is 0.375. The van der Waals surface area contributed by atoms with Crippen molar-refractivity contribution >= 4 is 21.7 Å². The van der Waals surface area contributed by atoms with Crippen LogP contribution in [0.1, 0.15) is 5.56 Å². The molecule has 0 spiro atoms. The minimum absolute atomic E-state index is 0.271. The lowest BCUT2D eigenvalue weighted by Gasteiger charge is -2.24. The average Bonchev–Trinajstić information content (AvgIpc) is 2.22. The summed E-state index contributed by atoms with van der Waals surface area (Å²) in [6, 6.07) is -0.314. The molecule has 86 valence electrons. The normalized spacial score (nSPS) is 15.6. The summed E-state index contributed by atoms with van der Waals surface area (Å²) in [5.41, 5.74) is 0.689. The molecule has 1 aromatic heterocycles. The lowest BCUT2D eigenvalue weighted by atomic mass is 10.2. The molecule has 2 rings (SSSR count). The molecule has 0 fully saturated rings.